The highest BCUT2D eigenvalue weighted by atomic mass is 16.5. The first-order valence-corrected chi connectivity index (χ1v) is 6.29. The number of hydrogen-bond donors (Lipinski definition) is 2. The first kappa shape index (κ1) is 14.4. The van der Waals surface area contributed by atoms with Gasteiger partial charge in [-0.25, -0.2) is 0 Å². The lowest BCUT2D eigenvalue weighted by Crippen LogP contribution is -2.10. The van der Waals surface area contributed by atoms with Gasteiger partial charge in [0.2, 0.25) is 0 Å². The second-order valence-corrected chi connectivity index (χ2v) is 4.44. The van der Waals surface area contributed by atoms with E-state index in [-0.39, 0.29) is 0 Å². The Morgan fingerprint density at radius 3 is 1.20 bits per heavy atom. The Hall–Kier alpha value is -2.04. The molecule has 0 aliphatic carbocycles. The summed E-state index contributed by atoms with van der Waals surface area (Å²) in [6, 6.07) is 13.9. The van der Waals surface area contributed by atoms with Crippen molar-refractivity contribution < 1.29 is 19.7 Å². The van der Waals surface area contributed by atoms with Gasteiger partial charge in [-0.2, -0.15) is 0 Å². The SMILES string of the molecule is COc1ccc([C@H](O)[C@@H](O)c2ccc(OC)cc2)cc1. The summed E-state index contributed by atoms with van der Waals surface area (Å²) in [7, 11) is 3.16. The molecule has 4 heteroatoms. The van der Waals surface area contributed by atoms with Crippen LogP contribution < -0.4 is 9.47 Å². The Kier molecular flexibility index (Phi) is 4.61. The van der Waals surface area contributed by atoms with Gasteiger partial charge in [-0.3, -0.25) is 0 Å². The molecule has 2 atom stereocenters. The average Bonchev–Trinajstić information content (AvgIpc) is 2.53. The molecule has 2 aromatic rings. The van der Waals surface area contributed by atoms with E-state index in [1.54, 1.807) is 62.8 Å². The van der Waals surface area contributed by atoms with Crippen LogP contribution in [0.3, 0.4) is 0 Å². The minimum absolute atomic E-state index is 0.633. The van der Waals surface area contributed by atoms with E-state index < -0.39 is 12.2 Å². The highest BCUT2D eigenvalue weighted by Crippen LogP contribution is 2.30. The Morgan fingerprint density at radius 2 is 0.950 bits per heavy atom. The first-order valence-electron chi connectivity index (χ1n) is 6.29. The summed E-state index contributed by atoms with van der Waals surface area (Å²) in [5.74, 6) is 1.42. The number of aliphatic hydroxyl groups is 2. The Bertz CT molecular complexity index is 482. The second-order valence-electron chi connectivity index (χ2n) is 4.44. The van der Waals surface area contributed by atoms with Gasteiger partial charge in [-0.1, -0.05) is 24.3 Å². The predicted molar refractivity (Wildman–Crippen MR) is 75.9 cm³/mol. The number of methoxy groups -OCH3 is 2. The fraction of sp³-hybridized carbons (Fsp3) is 0.250. The van der Waals surface area contributed by atoms with Crippen molar-refractivity contribution in [3.63, 3.8) is 0 Å². The molecule has 0 saturated heterocycles. The summed E-state index contributed by atoms with van der Waals surface area (Å²) in [5, 5.41) is 20.4. The number of benzene rings is 2. The molecule has 0 aromatic heterocycles. The number of hydrogen-bond acceptors (Lipinski definition) is 4. The quantitative estimate of drug-likeness (QED) is 0.879. The molecular formula is C16H18O4. The maximum Gasteiger partial charge on any atom is 0.118 e. The van der Waals surface area contributed by atoms with Crippen molar-refractivity contribution in [1.29, 1.82) is 0 Å². The molecule has 0 saturated carbocycles. The van der Waals surface area contributed by atoms with Gasteiger partial charge in [0.05, 0.1) is 14.2 Å². The molecular weight excluding hydrogens is 256 g/mol. The van der Waals surface area contributed by atoms with E-state index in [9.17, 15) is 10.2 Å². The third-order valence-electron chi connectivity index (χ3n) is 3.21. The van der Waals surface area contributed by atoms with Crippen LogP contribution in [0.25, 0.3) is 0 Å². The zero-order valence-corrected chi connectivity index (χ0v) is 11.5. The molecule has 4 nitrogen and oxygen atoms in total. The van der Waals surface area contributed by atoms with Gasteiger partial charge in [0.15, 0.2) is 0 Å². The maximum absolute atomic E-state index is 10.2. The number of rotatable bonds is 5. The van der Waals surface area contributed by atoms with E-state index in [0.717, 1.165) is 0 Å². The van der Waals surface area contributed by atoms with Gasteiger partial charge in [0.25, 0.3) is 0 Å². The van der Waals surface area contributed by atoms with E-state index in [2.05, 4.69) is 0 Å². The molecule has 0 heterocycles. The molecule has 0 unspecified atom stereocenters. The van der Waals surface area contributed by atoms with E-state index in [1.165, 1.54) is 0 Å². The van der Waals surface area contributed by atoms with Crippen LogP contribution >= 0.6 is 0 Å². The van der Waals surface area contributed by atoms with Gasteiger partial charge in [-0.05, 0) is 35.4 Å². The highest BCUT2D eigenvalue weighted by Gasteiger charge is 2.20. The van der Waals surface area contributed by atoms with Crippen molar-refractivity contribution in [2.45, 2.75) is 12.2 Å². The van der Waals surface area contributed by atoms with Gasteiger partial charge in [0.1, 0.15) is 23.7 Å². The van der Waals surface area contributed by atoms with Gasteiger partial charge in [-0.15, -0.1) is 0 Å². The molecule has 0 aliphatic heterocycles. The lowest BCUT2D eigenvalue weighted by Gasteiger charge is -2.19. The lowest BCUT2D eigenvalue weighted by atomic mass is 9.98. The molecule has 0 bridgehead atoms. The fourth-order valence-electron chi connectivity index (χ4n) is 1.97. The molecule has 106 valence electrons. The van der Waals surface area contributed by atoms with Crippen LogP contribution in [0.5, 0.6) is 11.5 Å². The smallest absolute Gasteiger partial charge is 0.118 e. The topological polar surface area (TPSA) is 58.9 Å². The number of ether oxygens (including phenoxy) is 2. The molecule has 20 heavy (non-hydrogen) atoms. The Balaban J connectivity index is 2.15. The van der Waals surface area contributed by atoms with Crippen molar-refractivity contribution >= 4 is 0 Å². The summed E-state index contributed by atoms with van der Waals surface area (Å²) in [6.07, 6.45) is -1.98. The molecule has 2 aromatic carbocycles. The van der Waals surface area contributed by atoms with Crippen LogP contribution in [0.15, 0.2) is 48.5 Å². The molecule has 2 rings (SSSR count). The van der Waals surface area contributed by atoms with Crippen LogP contribution in [0, 0.1) is 0 Å². The van der Waals surface area contributed by atoms with Gasteiger partial charge in [0, 0.05) is 0 Å². The largest absolute Gasteiger partial charge is 0.497 e. The summed E-state index contributed by atoms with van der Waals surface area (Å²) in [6.45, 7) is 0. The molecule has 0 spiro atoms. The summed E-state index contributed by atoms with van der Waals surface area (Å²) < 4.78 is 10.1. The minimum atomic E-state index is -0.991. The molecule has 0 aliphatic rings. The van der Waals surface area contributed by atoms with Crippen molar-refractivity contribution in [2.24, 2.45) is 0 Å². The van der Waals surface area contributed by atoms with Crippen LogP contribution in [0.4, 0.5) is 0 Å². The van der Waals surface area contributed by atoms with E-state index in [1.807, 2.05) is 0 Å². The normalized spacial score (nSPS) is 13.6. The van der Waals surface area contributed by atoms with Crippen LogP contribution in [0.1, 0.15) is 23.3 Å². The van der Waals surface area contributed by atoms with E-state index in [0.29, 0.717) is 22.6 Å². The van der Waals surface area contributed by atoms with Crippen LogP contribution in [-0.2, 0) is 0 Å². The zero-order chi connectivity index (χ0) is 14.5. The van der Waals surface area contributed by atoms with Gasteiger partial charge >= 0.3 is 0 Å². The van der Waals surface area contributed by atoms with Crippen LogP contribution in [0.2, 0.25) is 0 Å². The molecule has 2 N–H and O–H groups in total. The average molecular weight is 274 g/mol. The third kappa shape index (κ3) is 3.10. The fourth-order valence-corrected chi connectivity index (χ4v) is 1.97. The monoisotopic (exact) mass is 274 g/mol. The van der Waals surface area contributed by atoms with Crippen LogP contribution in [-0.4, -0.2) is 24.4 Å². The molecule has 0 amide bonds. The van der Waals surface area contributed by atoms with E-state index in [4.69, 9.17) is 9.47 Å². The Morgan fingerprint density at radius 1 is 0.650 bits per heavy atom. The van der Waals surface area contributed by atoms with E-state index >= 15 is 0 Å². The highest BCUT2D eigenvalue weighted by molar-refractivity contribution is 5.32. The number of aliphatic hydroxyl groups excluding tert-OH is 2. The lowest BCUT2D eigenvalue weighted by molar-refractivity contribution is 0.0172. The predicted octanol–water partition coefficient (Wildman–Crippen LogP) is 2.47. The zero-order valence-electron chi connectivity index (χ0n) is 11.5. The third-order valence-corrected chi connectivity index (χ3v) is 3.21. The summed E-state index contributed by atoms with van der Waals surface area (Å²) >= 11 is 0. The molecule has 0 radical (unpaired) electrons. The standard InChI is InChI=1S/C16H18O4/c1-19-13-7-3-11(4-8-13)15(17)16(18)12-5-9-14(20-2)10-6-12/h3-10,15-18H,1-2H3/t15-,16-/m0/s1. The summed E-state index contributed by atoms with van der Waals surface area (Å²) in [4.78, 5) is 0. The van der Waals surface area contributed by atoms with Crippen molar-refractivity contribution in [3.05, 3.63) is 59.7 Å². The second kappa shape index (κ2) is 6.41. The maximum atomic E-state index is 10.2. The molecule has 0 fully saturated rings. The van der Waals surface area contributed by atoms with Gasteiger partial charge < -0.3 is 19.7 Å². The Labute approximate surface area is 118 Å². The van der Waals surface area contributed by atoms with Crippen molar-refractivity contribution in [2.75, 3.05) is 14.2 Å². The first-order chi connectivity index (χ1) is 9.65. The summed E-state index contributed by atoms with van der Waals surface area (Å²) in [5.41, 5.74) is 1.27. The van der Waals surface area contributed by atoms with Crippen molar-refractivity contribution in [1.82, 2.24) is 0 Å². The minimum Gasteiger partial charge on any atom is -0.497 e. The van der Waals surface area contributed by atoms with Crippen molar-refractivity contribution in [3.8, 4) is 11.5 Å².